The highest BCUT2D eigenvalue weighted by molar-refractivity contribution is 5.86. The summed E-state index contributed by atoms with van der Waals surface area (Å²) in [5, 5.41) is 23.2. The van der Waals surface area contributed by atoms with Gasteiger partial charge >= 0.3 is 0 Å². The van der Waals surface area contributed by atoms with E-state index in [-0.39, 0.29) is 12.8 Å². The maximum atomic E-state index is 10.5. The minimum Gasteiger partial charge on any atom is -0.390 e. The van der Waals surface area contributed by atoms with E-state index in [9.17, 15) is 5.11 Å². The number of rotatable bonds is 12. The fourth-order valence-corrected chi connectivity index (χ4v) is 6.02. The highest BCUT2D eigenvalue weighted by Crippen LogP contribution is 2.35. The van der Waals surface area contributed by atoms with E-state index in [1.54, 1.807) is 4.68 Å². The first-order valence-electron chi connectivity index (χ1n) is 15.7. The summed E-state index contributed by atoms with van der Waals surface area (Å²) in [6.07, 6.45) is 2.58. The lowest BCUT2D eigenvalue weighted by molar-refractivity contribution is 0.0159. The molecule has 3 aromatic heterocycles. The number of nitrogens with zero attached hydrogens (tertiary/aromatic N) is 7. The van der Waals surface area contributed by atoms with Gasteiger partial charge in [0.25, 0.3) is 0 Å². The van der Waals surface area contributed by atoms with Crippen LogP contribution in [0, 0.1) is 6.92 Å². The largest absolute Gasteiger partial charge is 0.390 e. The lowest BCUT2D eigenvalue weighted by Gasteiger charge is -2.17. The van der Waals surface area contributed by atoms with E-state index in [4.69, 9.17) is 14.7 Å². The molecular formula is C36H39N7O2. The van der Waals surface area contributed by atoms with Crippen molar-refractivity contribution in [3.05, 3.63) is 102 Å². The van der Waals surface area contributed by atoms with E-state index in [0.717, 1.165) is 75.2 Å². The Hall–Kier alpha value is -4.73. The van der Waals surface area contributed by atoms with Crippen molar-refractivity contribution < 1.29 is 9.84 Å². The molecule has 6 aromatic rings. The highest BCUT2D eigenvalue weighted by atomic mass is 16.5. The van der Waals surface area contributed by atoms with Crippen LogP contribution < -0.4 is 0 Å². The van der Waals surface area contributed by atoms with Crippen molar-refractivity contribution in [1.29, 1.82) is 0 Å². The average Bonchev–Trinajstić information content (AvgIpc) is 3.70. The molecule has 3 heterocycles. The molecule has 0 radical (unpaired) electrons. The molecule has 0 bridgehead atoms. The SMILES string of the molecule is CCCCc1nc2c(C)c(-c3ccccc3)c(CO)nc2n1Cc1ccc(-c2ccccc2)c(-c2nnnn2C(C)OCC)c1. The minimum absolute atomic E-state index is 0.160. The second-order valence-electron chi connectivity index (χ2n) is 11.2. The quantitative estimate of drug-likeness (QED) is 0.159. The Morgan fingerprint density at radius 1 is 0.889 bits per heavy atom. The van der Waals surface area contributed by atoms with E-state index >= 15 is 0 Å². The summed E-state index contributed by atoms with van der Waals surface area (Å²) >= 11 is 0. The summed E-state index contributed by atoms with van der Waals surface area (Å²) < 4.78 is 9.81. The van der Waals surface area contributed by atoms with Gasteiger partial charge in [-0.25, -0.2) is 9.97 Å². The Morgan fingerprint density at radius 2 is 1.62 bits per heavy atom. The molecule has 0 aliphatic rings. The molecule has 0 saturated heterocycles. The summed E-state index contributed by atoms with van der Waals surface area (Å²) in [4.78, 5) is 10.2. The van der Waals surface area contributed by atoms with Crippen LogP contribution >= 0.6 is 0 Å². The first-order valence-corrected chi connectivity index (χ1v) is 15.7. The summed E-state index contributed by atoms with van der Waals surface area (Å²) in [7, 11) is 0. The van der Waals surface area contributed by atoms with Gasteiger partial charge in [0.05, 0.1) is 18.8 Å². The molecule has 0 amide bonds. The van der Waals surface area contributed by atoms with E-state index in [2.05, 4.69) is 76.4 Å². The smallest absolute Gasteiger partial charge is 0.185 e. The molecule has 230 valence electrons. The number of aliphatic hydroxyl groups is 1. The summed E-state index contributed by atoms with van der Waals surface area (Å²) in [6, 6.07) is 26.8. The molecular weight excluding hydrogens is 562 g/mol. The van der Waals surface area contributed by atoms with Gasteiger partial charge in [-0.05, 0) is 71.5 Å². The van der Waals surface area contributed by atoms with E-state index in [1.807, 2.05) is 50.2 Å². The van der Waals surface area contributed by atoms with Gasteiger partial charge in [-0.2, -0.15) is 4.68 Å². The Balaban J connectivity index is 1.50. The Morgan fingerprint density at radius 3 is 2.31 bits per heavy atom. The van der Waals surface area contributed by atoms with Crippen LogP contribution in [0.1, 0.15) is 62.5 Å². The number of aliphatic hydroxyl groups excluding tert-OH is 1. The number of tetrazole rings is 1. The Bertz CT molecular complexity index is 1900. The fourth-order valence-electron chi connectivity index (χ4n) is 6.02. The first kappa shape index (κ1) is 30.3. The van der Waals surface area contributed by atoms with Crippen LogP contribution in [0.3, 0.4) is 0 Å². The first-order chi connectivity index (χ1) is 22.0. The zero-order chi connectivity index (χ0) is 31.3. The lowest BCUT2D eigenvalue weighted by Crippen LogP contribution is -2.13. The number of hydrogen-bond acceptors (Lipinski definition) is 7. The molecule has 0 fully saturated rings. The van der Waals surface area contributed by atoms with Crippen LogP contribution in [0.4, 0.5) is 0 Å². The number of fused-ring (bicyclic) bond motifs is 1. The second-order valence-corrected chi connectivity index (χ2v) is 11.2. The number of benzene rings is 3. The number of hydrogen-bond donors (Lipinski definition) is 1. The third kappa shape index (κ3) is 6.01. The molecule has 3 aromatic carbocycles. The van der Waals surface area contributed by atoms with Crippen molar-refractivity contribution in [2.24, 2.45) is 0 Å². The summed E-state index contributed by atoms with van der Waals surface area (Å²) in [6.45, 7) is 9.13. The summed E-state index contributed by atoms with van der Waals surface area (Å²) in [5.74, 6) is 1.63. The van der Waals surface area contributed by atoms with Crippen molar-refractivity contribution in [2.45, 2.75) is 66.3 Å². The van der Waals surface area contributed by atoms with Crippen molar-refractivity contribution in [1.82, 2.24) is 34.7 Å². The third-order valence-electron chi connectivity index (χ3n) is 8.24. The number of aromatic nitrogens is 7. The van der Waals surface area contributed by atoms with E-state index < -0.39 is 0 Å². The van der Waals surface area contributed by atoms with Gasteiger partial charge in [0, 0.05) is 24.2 Å². The van der Waals surface area contributed by atoms with Gasteiger partial charge in [0.15, 0.2) is 17.7 Å². The zero-order valence-electron chi connectivity index (χ0n) is 26.3. The maximum Gasteiger partial charge on any atom is 0.185 e. The fraction of sp³-hybridized carbons (Fsp3) is 0.306. The molecule has 45 heavy (non-hydrogen) atoms. The molecule has 1 atom stereocenters. The number of ether oxygens (including phenoxy) is 1. The van der Waals surface area contributed by atoms with Crippen molar-refractivity contribution in [2.75, 3.05) is 6.61 Å². The van der Waals surface area contributed by atoms with Gasteiger partial charge in [-0.3, -0.25) is 0 Å². The maximum absolute atomic E-state index is 10.5. The monoisotopic (exact) mass is 601 g/mol. The normalized spacial score (nSPS) is 12.2. The number of imidazole rings is 1. The van der Waals surface area contributed by atoms with Crippen LogP contribution in [-0.4, -0.2) is 46.5 Å². The second kappa shape index (κ2) is 13.5. The molecule has 1 unspecified atom stereocenters. The Labute approximate surface area is 263 Å². The van der Waals surface area contributed by atoms with Crippen molar-refractivity contribution in [3.63, 3.8) is 0 Å². The van der Waals surface area contributed by atoms with Crippen molar-refractivity contribution in [3.8, 4) is 33.6 Å². The number of pyridine rings is 1. The van der Waals surface area contributed by atoms with Crippen LogP contribution in [0.15, 0.2) is 78.9 Å². The molecule has 0 saturated carbocycles. The number of unbranched alkanes of at least 4 members (excludes halogenated alkanes) is 1. The van der Waals surface area contributed by atoms with Crippen LogP contribution in [0.25, 0.3) is 44.8 Å². The number of aryl methyl sites for hydroxylation is 2. The van der Waals surface area contributed by atoms with Gasteiger partial charge in [0.2, 0.25) is 0 Å². The van der Waals surface area contributed by atoms with Gasteiger partial charge in [0.1, 0.15) is 11.3 Å². The van der Waals surface area contributed by atoms with Gasteiger partial charge < -0.3 is 14.4 Å². The van der Waals surface area contributed by atoms with Gasteiger partial charge in [-0.15, -0.1) is 5.10 Å². The van der Waals surface area contributed by atoms with Gasteiger partial charge in [-0.1, -0.05) is 86.1 Å². The Kier molecular flexibility index (Phi) is 9.09. The highest BCUT2D eigenvalue weighted by Gasteiger charge is 2.22. The van der Waals surface area contributed by atoms with Crippen LogP contribution in [0.2, 0.25) is 0 Å². The molecule has 6 rings (SSSR count). The van der Waals surface area contributed by atoms with E-state index in [1.165, 1.54) is 0 Å². The molecule has 9 nitrogen and oxygen atoms in total. The van der Waals surface area contributed by atoms with Crippen LogP contribution in [-0.2, 0) is 24.3 Å². The predicted molar refractivity (Wildman–Crippen MR) is 176 cm³/mol. The summed E-state index contributed by atoms with van der Waals surface area (Å²) in [5.41, 5.74) is 9.39. The lowest BCUT2D eigenvalue weighted by atomic mass is 9.96. The molecule has 0 aliphatic heterocycles. The standard InChI is InChI=1S/C36H39N7O2/c1-5-7-18-32-38-34-24(3)33(28-16-12-9-13-17-28)31(23-44)37-36(34)42(32)22-26-19-20-29(27-14-10-8-11-15-27)30(21-26)35-39-40-41-43(35)25(4)45-6-2/h8-17,19-21,25,44H,5-7,18,22-23H2,1-4H3. The minimum atomic E-state index is -0.326. The predicted octanol–water partition coefficient (Wildman–Crippen LogP) is 7.17. The average molecular weight is 602 g/mol. The van der Waals surface area contributed by atoms with Crippen molar-refractivity contribution >= 4 is 11.2 Å². The molecule has 9 heteroatoms. The van der Waals surface area contributed by atoms with E-state index in [0.29, 0.717) is 24.7 Å². The molecule has 0 spiro atoms. The zero-order valence-corrected chi connectivity index (χ0v) is 26.3. The molecule has 1 N–H and O–H groups in total. The topological polar surface area (TPSA) is 104 Å². The molecule has 0 aliphatic carbocycles. The van der Waals surface area contributed by atoms with Crippen LogP contribution in [0.5, 0.6) is 0 Å². The third-order valence-corrected chi connectivity index (χ3v) is 8.24.